The van der Waals surface area contributed by atoms with Crippen molar-refractivity contribution in [3.8, 4) is 0 Å². The summed E-state index contributed by atoms with van der Waals surface area (Å²) in [6, 6.07) is 23.3. The van der Waals surface area contributed by atoms with Crippen LogP contribution in [0.25, 0.3) is 0 Å². The molecule has 2 heterocycles. The number of urea groups is 1. The average Bonchev–Trinajstić information content (AvgIpc) is 3.04. The van der Waals surface area contributed by atoms with E-state index < -0.39 is 0 Å². The molecule has 4 rings (SSSR count). The standard InChI is InChI=1S/C22H20N4O/c1-16-12-13-19(15-23-16)26-20(18-10-6-3-7-11-18)21(25-22(26)27)24-14-17-8-4-2-5-9-17/h2-13,15,20H,14H2,1H3,(H,24,25,27). The second kappa shape index (κ2) is 7.41. The van der Waals surface area contributed by atoms with Crippen molar-refractivity contribution < 1.29 is 4.79 Å². The van der Waals surface area contributed by atoms with E-state index in [4.69, 9.17) is 4.99 Å². The topological polar surface area (TPSA) is 57.6 Å². The molecule has 1 aliphatic rings. The van der Waals surface area contributed by atoms with Crippen molar-refractivity contribution in [2.45, 2.75) is 19.5 Å². The summed E-state index contributed by atoms with van der Waals surface area (Å²) in [7, 11) is 0. The van der Waals surface area contributed by atoms with Crippen molar-refractivity contribution in [3.63, 3.8) is 0 Å². The van der Waals surface area contributed by atoms with Gasteiger partial charge in [-0.25, -0.2) is 4.79 Å². The third kappa shape index (κ3) is 3.58. The van der Waals surface area contributed by atoms with E-state index in [2.05, 4.69) is 10.3 Å². The number of anilines is 1. The number of rotatable bonds is 4. The Labute approximate surface area is 158 Å². The normalized spacial score (nSPS) is 18.0. The fraction of sp³-hybridized carbons (Fsp3) is 0.136. The molecule has 1 aromatic heterocycles. The molecule has 1 fully saturated rings. The van der Waals surface area contributed by atoms with Gasteiger partial charge in [0.1, 0.15) is 11.9 Å². The maximum Gasteiger partial charge on any atom is 0.328 e. The predicted octanol–water partition coefficient (Wildman–Crippen LogP) is 4.26. The van der Waals surface area contributed by atoms with Crippen LogP contribution in [0.5, 0.6) is 0 Å². The number of aromatic nitrogens is 1. The third-order valence-corrected chi connectivity index (χ3v) is 4.54. The lowest BCUT2D eigenvalue weighted by molar-refractivity contribution is 0.252. The van der Waals surface area contributed by atoms with Crippen LogP contribution in [0.1, 0.15) is 22.9 Å². The summed E-state index contributed by atoms with van der Waals surface area (Å²) in [6.07, 6.45) is 1.73. The van der Waals surface area contributed by atoms with Gasteiger partial charge < -0.3 is 0 Å². The number of aliphatic imine (C=N–C) groups is 1. The lowest BCUT2D eigenvalue weighted by Crippen LogP contribution is -2.29. The van der Waals surface area contributed by atoms with Gasteiger partial charge in [-0.05, 0) is 30.2 Å². The van der Waals surface area contributed by atoms with E-state index in [1.165, 1.54) is 0 Å². The second-order valence-electron chi connectivity index (χ2n) is 6.46. The summed E-state index contributed by atoms with van der Waals surface area (Å²) in [5, 5.41) is 2.95. The molecule has 0 bridgehead atoms. The number of carbonyl (C=O) groups is 1. The van der Waals surface area contributed by atoms with Crippen molar-refractivity contribution in [2.24, 2.45) is 4.99 Å². The zero-order chi connectivity index (χ0) is 18.6. The average molecular weight is 356 g/mol. The quantitative estimate of drug-likeness (QED) is 0.759. The third-order valence-electron chi connectivity index (χ3n) is 4.54. The van der Waals surface area contributed by atoms with Gasteiger partial charge in [-0.2, -0.15) is 0 Å². The molecule has 3 aromatic rings. The number of carbonyl (C=O) groups excluding carboxylic acids is 1. The minimum absolute atomic E-state index is 0.193. The number of nitrogens with zero attached hydrogens (tertiary/aromatic N) is 3. The summed E-state index contributed by atoms with van der Waals surface area (Å²) in [6.45, 7) is 2.44. The van der Waals surface area contributed by atoms with E-state index in [1.807, 2.05) is 79.7 Å². The van der Waals surface area contributed by atoms with Crippen molar-refractivity contribution in [1.29, 1.82) is 0 Å². The van der Waals surface area contributed by atoms with Crippen LogP contribution in [-0.2, 0) is 6.54 Å². The highest BCUT2D eigenvalue weighted by molar-refractivity contribution is 6.16. The van der Waals surface area contributed by atoms with Crippen molar-refractivity contribution in [2.75, 3.05) is 4.90 Å². The van der Waals surface area contributed by atoms with E-state index in [-0.39, 0.29) is 12.1 Å². The van der Waals surface area contributed by atoms with Crippen molar-refractivity contribution >= 4 is 17.6 Å². The van der Waals surface area contributed by atoms with Gasteiger partial charge in [0.15, 0.2) is 0 Å². The van der Waals surface area contributed by atoms with E-state index in [0.717, 1.165) is 22.5 Å². The largest absolute Gasteiger partial charge is 0.328 e. The highest BCUT2D eigenvalue weighted by atomic mass is 16.2. The van der Waals surface area contributed by atoms with Crippen LogP contribution in [-0.4, -0.2) is 16.9 Å². The molecule has 5 nitrogen and oxygen atoms in total. The molecular formula is C22H20N4O. The Bertz CT molecular complexity index is 953. The second-order valence-corrected chi connectivity index (χ2v) is 6.46. The Morgan fingerprint density at radius 3 is 2.37 bits per heavy atom. The van der Waals surface area contributed by atoms with E-state index in [0.29, 0.717) is 12.4 Å². The lowest BCUT2D eigenvalue weighted by Gasteiger charge is -2.23. The minimum Gasteiger partial charge on any atom is -0.294 e. The summed E-state index contributed by atoms with van der Waals surface area (Å²) in [5.41, 5.74) is 3.76. The van der Waals surface area contributed by atoms with Crippen LogP contribution in [0.3, 0.4) is 0 Å². The summed E-state index contributed by atoms with van der Waals surface area (Å²) >= 11 is 0. The molecule has 0 aliphatic carbocycles. The van der Waals surface area contributed by atoms with Gasteiger partial charge in [0.2, 0.25) is 0 Å². The number of benzene rings is 2. The minimum atomic E-state index is -0.299. The maximum absolute atomic E-state index is 12.8. The summed E-state index contributed by atoms with van der Waals surface area (Å²) < 4.78 is 0. The lowest BCUT2D eigenvalue weighted by atomic mass is 10.1. The van der Waals surface area contributed by atoms with Crippen LogP contribution >= 0.6 is 0 Å². The first-order chi connectivity index (χ1) is 13.2. The molecule has 1 unspecified atom stereocenters. The Balaban J connectivity index is 1.73. The van der Waals surface area contributed by atoms with Crippen LogP contribution in [0, 0.1) is 6.92 Å². The molecule has 2 aromatic carbocycles. The maximum atomic E-state index is 12.8. The molecule has 1 saturated heterocycles. The van der Waals surface area contributed by atoms with Gasteiger partial charge in [0.05, 0.1) is 18.4 Å². The summed E-state index contributed by atoms with van der Waals surface area (Å²) in [4.78, 5) is 23.5. The number of pyridine rings is 1. The first kappa shape index (κ1) is 17.0. The highest BCUT2D eigenvalue weighted by Gasteiger charge is 2.38. The van der Waals surface area contributed by atoms with E-state index in [1.54, 1.807) is 11.1 Å². The molecular weight excluding hydrogens is 336 g/mol. The van der Waals surface area contributed by atoms with Crippen LogP contribution < -0.4 is 10.2 Å². The fourth-order valence-corrected chi connectivity index (χ4v) is 3.17. The molecule has 5 heteroatoms. The number of amides is 2. The molecule has 134 valence electrons. The van der Waals surface area contributed by atoms with Crippen LogP contribution in [0.15, 0.2) is 84.0 Å². The predicted molar refractivity (Wildman–Crippen MR) is 107 cm³/mol. The number of amidine groups is 1. The molecule has 0 spiro atoms. The Kier molecular flexibility index (Phi) is 4.66. The smallest absolute Gasteiger partial charge is 0.294 e. The van der Waals surface area contributed by atoms with E-state index >= 15 is 0 Å². The molecule has 2 amide bonds. The number of nitrogens with one attached hydrogen (secondary N) is 1. The zero-order valence-corrected chi connectivity index (χ0v) is 15.0. The van der Waals surface area contributed by atoms with Crippen molar-refractivity contribution in [1.82, 2.24) is 10.3 Å². The number of hydrogen-bond acceptors (Lipinski definition) is 3. The van der Waals surface area contributed by atoms with Gasteiger partial charge in [-0.1, -0.05) is 60.7 Å². The molecule has 1 atom stereocenters. The monoisotopic (exact) mass is 356 g/mol. The fourth-order valence-electron chi connectivity index (χ4n) is 3.17. The Morgan fingerprint density at radius 2 is 1.70 bits per heavy atom. The van der Waals surface area contributed by atoms with Gasteiger partial charge >= 0.3 is 6.03 Å². The van der Waals surface area contributed by atoms with Gasteiger partial charge in [-0.15, -0.1) is 0 Å². The first-order valence-corrected chi connectivity index (χ1v) is 8.88. The van der Waals surface area contributed by atoms with Crippen LogP contribution in [0.4, 0.5) is 10.5 Å². The van der Waals surface area contributed by atoms with Gasteiger partial charge in [-0.3, -0.25) is 20.2 Å². The molecule has 1 aliphatic heterocycles. The molecule has 27 heavy (non-hydrogen) atoms. The molecule has 1 N–H and O–H groups in total. The van der Waals surface area contributed by atoms with E-state index in [9.17, 15) is 4.79 Å². The van der Waals surface area contributed by atoms with Crippen LogP contribution in [0.2, 0.25) is 0 Å². The number of hydrogen-bond donors (Lipinski definition) is 1. The van der Waals surface area contributed by atoms with Gasteiger partial charge in [0.25, 0.3) is 0 Å². The zero-order valence-electron chi connectivity index (χ0n) is 15.0. The Hall–Kier alpha value is -3.47. The Morgan fingerprint density at radius 1 is 1.00 bits per heavy atom. The first-order valence-electron chi connectivity index (χ1n) is 8.88. The number of aryl methyl sites for hydroxylation is 1. The van der Waals surface area contributed by atoms with Crippen molar-refractivity contribution in [3.05, 3.63) is 95.8 Å². The highest BCUT2D eigenvalue weighted by Crippen LogP contribution is 2.31. The molecule has 0 saturated carbocycles. The molecule has 0 radical (unpaired) electrons. The van der Waals surface area contributed by atoms with Gasteiger partial charge in [0, 0.05) is 5.69 Å². The SMILES string of the molecule is Cc1ccc(N2C(=O)NC(=NCc3ccccc3)C2c2ccccc2)cn1. The summed E-state index contributed by atoms with van der Waals surface area (Å²) in [5.74, 6) is 0.649.